The summed E-state index contributed by atoms with van der Waals surface area (Å²) < 4.78 is 26.7. The highest BCUT2D eigenvalue weighted by Crippen LogP contribution is 2.18. The quantitative estimate of drug-likeness (QED) is 0.552. The Bertz CT molecular complexity index is 338. The van der Waals surface area contributed by atoms with Crippen molar-refractivity contribution in [1.29, 1.82) is 0 Å². The van der Waals surface area contributed by atoms with E-state index < -0.39 is 10.0 Å². The number of nitrogens with zero attached hydrogens (tertiary/aromatic N) is 1. The highest BCUT2D eigenvalue weighted by atomic mass is 32.2. The smallest absolute Gasteiger partial charge is 0.215 e. The van der Waals surface area contributed by atoms with Gasteiger partial charge in [-0.2, -0.15) is 0 Å². The molecule has 0 saturated heterocycles. The second-order valence-electron chi connectivity index (χ2n) is 5.31. The summed E-state index contributed by atoms with van der Waals surface area (Å²) in [5.41, 5.74) is 0. The predicted octanol–water partition coefficient (Wildman–Crippen LogP) is 0.778. The van der Waals surface area contributed by atoms with Gasteiger partial charge < -0.3 is 10.2 Å². The number of hydrogen-bond acceptors (Lipinski definition) is 4. The van der Waals surface area contributed by atoms with Crippen LogP contribution in [-0.4, -0.2) is 57.3 Å². The average Bonchev–Trinajstić information content (AvgIpc) is 3.20. The van der Waals surface area contributed by atoms with Crippen LogP contribution in [0.5, 0.6) is 0 Å². The Labute approximate surface area is 118 Å². The second-order valence-corrected chi connectivity index (χ2v) is 7.50. The van der Waals surface area contributed by atoms with Gasteiger partial charge in [0.1, 0.15) is 0 Å². The Kier molecular flexibility index (Phi) is 7.28. The summed E-state index contributed by atoms with van der Waals surface area (Å²) in [4.78, 5) is 2.30. The molecule has 0 heterocycles. The van der Waals surface area contributed by atoms with Gasteiger partial charge in [0.25, 0.3) is 0 Å². The van der Waals surface area contributed by atoms with E-state index in [1.54, 1.807) is 6.92 Å². The van der Waals surface area contributed by atoms with Crippen molar-refractivity contribution in [1.82, 2.24) is 14.9 Å². The highest BCUT2D eigenvalue weighted by molar-refractivity contribution is 7.90. The highest BCUT2D eigenvalue weighted by Gasteiger charge is 2.25. The first kappa shape index (κ1) is 16.9. The van der Waals surface area contributed by atoms with Crippen molar-refractivity contribution in [3.63, 3.8) is 0 Å². The lowest BCUT2D eigenvalue weighted by Crippen LogP contribution is -2.40. The van der Waals surface area contributed by atoms with Crippen LogP contribution >= 0.6 is 0 Å². The van der Waals surface area contributed by atoms with Gasteiger partial charge in [-0.3, -0.25) is 0 Å². The van der Waals surface area contributed by atoms with E-state index in [2.05, 4.69) is 28.8 Å². The van der Waals surface area contributed by atoms with E-state index in [4.69, 9.17) is 0 Å². The van der Waals surface area contributed by atoms with Gasteiger partial charge in [-0.05, 0) is 45.8 Å². The number of sulfonamides is 1. The van der Waals surface area contributed by atoms with Crippen LogP contribution in [0, 0.1) is 0 Å². The molecule has 1 aliphatic carbocycles. The molecule has 1 fully saturated rings. The Morgan fingerprint density at radius 1 is 1.26 bits per heavy atom. The first-order valence-corrected chi connectivity index (χ1v) is 8.98. The molecule has 19 heavy (non-hydrogen) atoms. The maximum Gasteiger partial charge on any atom is 0.215 e. The van der Waals surface area contributed by atoms with E-state index in [0.29, 0.717) is 19.1 Å². The molecule has 0 aromatic carbocycles. The Morgan fingerprint density at radius 3 is 2.42 bits per heavy atom. The molecule has 1 rings (SSSR count). The lowest BCUT2D eigenvalue weighted by Gasteiger charge is -2.18. The third-order valence-electron chi connectivity index (χ3n) is 3.65. The molecule has 5 nitrogen and oxygen atoms in total. The van der Waals surface area contributed by atoms with E-state index in [0.717, 1.165) is 26.1 Å². The van der Waals surface area contributed by atoms with Crippen LogP contribution in [0.1, 0.15) is 40.0 Å². The average molecular weight is 291 g/mol. The van der Waals surface area contributed by atoms with Crippen molar-refractivity contribution in [3.05, 3.63) is 0 Å². The Balaban J connectivity index is 2.17. The second kappa shape index (κ2) is 8.19. The molecule has 0 bridgehead atoms. The third-order valence-corrected chi connectivity index (χ3v) is 5.48. The minimum absolute atomic E-state index is 0.360. The lowest BCUT2D eigenvalue weighted by atomic mass is 10.4. The Morgan fingerprint density at radius 2 is 1.89 bits per heavy atom. The SMILES string of the molecule is CCN(CC)CCCNS(=O)(=O)C(C)CNC1CC1. The summed E-state index contributed by atoms with van der Waals surface area (Å²) in [5.74, 6) is 0. The van der Waals surface area contributed by atoms with Gasteiger partial charge >= 0.3 is 0 Å². The molecule has 6 heteroatoms. The summed E-state index contributed by atoms with van der Waals surface area (Å²) in [5, 5.41) is 2.90. The number of rotatable bonds is 11. The fourth-order valence-electron chi connectivity index (χ4n) is 1.93. The molecule has 0 spiro atoms. The molecule has 0 radical (unpaired) electrons. The van der Waals surface area contributed by atoms with Gasteiger partial charge in [-0.1, -0.05) is 13.8 Å². The molecule has 0 amide bonds. The maximum absolute atomic E-state index is 12.0. The first-order valence-electron chi connectivity index (χ1n) is 7.43. The zero-order chi connectivity index (χ0) is 14.3. The Hall–Kier alpha value is -0.170. The van der Waals surface area contributed by atoms with Crippen LogP contribution in [-0.2, 0) is 10.0 Å². The molecule has 1 unspecified atom stereocenters. The van der Waals surface area contributed by atoms with Crippen LogP contribution in [0.2, 0.25) is 0 Å². The molecule has 1 aliphatic rings. The largest absolute Gasteiger partial charge is 0.313 e. The summed E-state index contributed by atoms with van der Waals surface area (Å²) in [6.45, 7) is 10.1. The summed E-state index contributed by atoms with van der Waals surface area (Å²) in [7, 11) is -3.17. The van der Waals surface area contributed by atoms with Crippen LogP contribution < -0.4 is 10.0 Å². The molecule has 2 N–H and O–H groups in total. The van der Waals surface area contributed by atoms with Crippen molar-refractivity contribution >= 4 is 10.0 Å². The molecule has 114 valence electrons. The van der Waals surface area contributed by atoms with E-state index in [-0.39, 0.29) is 5.25 Å². The van der Waals surface area contributed by atoms with Crippen molar-refractivity contribution in [3.8, 4) is 0 Å². The van der Waals surface area contributed by atoms with Gasteiger partial charge in [-0.25, -0.2) is 13.1 Å². The van der Waals surface area contributed by atoms with Crippen LogP contribution in [0.25, 0.3) is 0 Å². The van der Waals surface area contributed by atoms with Gasteiger partial charge in [-0.15, -0.1) is 0 Å². The topological polar surface area (TPSA) is 61.4 Å². The third kappa shape index (κ3) is 6.70. The van der Waals surface area contributed by atoms with Gasteiger partial charge in [0.05, 0.1) is 5.25 Å². The molecule has 1 saturated carbocycles. The van der Waals surface area contributed by atoms with Crippen LogP contribution in [0.15, 0.2) is 0 Å². The fraction of sp³-hybridized carbons (Fsp3) is 1.00. The number of hydrogen-bond donors (Lipinski definition) is 2. The van der Waals surface area contributed by atoms with Crippen molar-refractivity contribution in [2.75, 3.05) is 32.7 Å². The van der Waals surface area contributed by atoms with E-state index in [9.17, 15) is 8.42 Å². The molecular formula is C13H29N3O2S. The van der Waals surface area contributed by atoms with Gasteiger partial charge in [0.2, 0.25) is 10.0 Å². The zero-order valence-electron chi connectivity index (χ0n) is 12.5. The molecule has 0 aliphatic heterocycles. The van der Waals surface area contributed by atoms with Crippen LogP contribution in [0.4, 0.5) is 0 Å². The van der Waals surface area contributed by atoms with Crippen molar-refractivity contribution in [2.24, 2.45) is 0 Å². The van der Waals surface area contributed by atoms with Crippen molar-refractivity contribution in [2.45, 2.75) is 51.3 Å². The zero-order valence-corrected chi connectivity index (χ0v) is 13.3. The van der Waals surface area contributed by atoms with E-state index in [1.165, 1.54) is 12.8 Å². The normalized spacial score (nSPS) is 17.9. The summed E-state index contributed by atoms with van der Waals surface area (Å²) in [6, 6.07) is 0.556. The van der Waals surface area contributed by atoms with Crippen molar-refractivity contribution < 1.29 is 8.42 Å². The van der Waals surface area contributed by atoms with Gasteiger partial charge in [0.15, 0.2) is 0 Å². The fourth-order valence-corrected chi connectivity index (χ4v) is 2.96. The lowest BCUT2D eigenvalue weighted by molar-refractivity contribution is 0.300. The molecule has 1 atom stereocenters. The maximum atomic E-state index is 12.0. The minimum atomic E-state index is -3.17. The van der Waals surface area contributed by atoms with Gasteiger partial charge in [0, 0.05) is 19.1 Å². The van der Waals surface area contributed by atoms with E-state index in [1.807, 2.05) is 0 Å². The summed E-state index contributed by atoms with van der Waals surface area (Å²) >= 11 is 0. The predicted molar refractivity (Wildman–Crippen MR) is 79.8 cm³/mol. The molecule has 0 aromatic heterocycles. The minimum Gasteiger partial charge on any atom is -0.313 e. The van der Waals surface area contributed by atoms with Crippen LogP contribution in [0.3, 0.4) is 0 Å². The summed E-state index contributed by atoms with van der Waals surface area (Å²) in [6.07, 6.45) is 3.23. The van der Waals surface area contributed by atoms with E-state index >= 15 is 0 Å². The number of nitrogens with one attached hydrogen (secondary N) is 2. The first-order chi connectivity index (χ1) is 8.99. The monoisotopic (exact) mass is 291 g/mol. The molecular weight excluding hydrogens is 262 g/mol. The molecule has 0 aromatic rings. The standard InChI is InChI=1S/C13H29N3O2S/c1-4-16(5-2)10-6-9-15-19(17,18)12(3)11-14-13-7-8-13/h12-15H,4-11H2,1-3H3.